The Bertz CT molecular complexity index is 691. The van der Waals surface area contributed by atoms with Gasteiger partial charge in [0.15, 0.2) is 0 Å². The van der Waals surface area contributed by atoms with Crippen LogP contribution in [0.25, 0.3) is 5.65 Å². The van der Waals surface area contributed by atoms with Crippen molar-refractivity contribution in [3.8, 4) is 0 Å². The van der Waals surface area contributed by atoms with Crippen LogP contribution >= 0.6 is 15.9 Å². The van der Waals surface area contributed by atoms with Crippen LogP contribution in [0.15, 0.2) is 33.7 Å². The predicted octanol–water partition coefficient (Wildman–Crippen LogP) is 1.30. The summed E-state index contributed by atoms with van der Waals surface area (Å²) < 4.78 is 2.41. The first-order chi connectivity index (χ1) is 9.56. The molecule has 3 rings (SSSR count). The molecule has 6 heteroatoms. The summed E-state index contributed by atoms with van der Waals surface area (Å²) in [6.45, 7) is 4.79. The van der Waals surface area contributed by atoms with Crippen LogP contribution in [-0.2, 0) is 6.54 Å². The molecule has 0 radical (unpaired) electrons. The average Bonchev–Trinajstić information content (AvgIpc) is 2.85. The number of fused-ring (bicyclic) bond motifs is 1. The van der Waals surface area contributed by atoms with Crippen molar-refractivity contribution in [1.29, 1.82) is 0 Å². The SMILES string of the molecule is CC1(NCc2cc(=O)n3cc(Br)ccc3n2)CCNC1. The zero-order chi connectivity index (χ0) is 14.2. The fraction of sp³-hybridized carbons (Fsp3) is 0.429. The maximum atomic E-state index is 12.1. The largest absolute Gasteiger partial charge is 0.315 e. The second-order valence-electron chi connectivity index (χ2n) is 5.50. The van der Waals surface area contributed by atoms with Crippen LogP contribution < -0.4 is 16.2 Å². The molecule has 1 unspecified atom stereocenters. The molecule has 2 N–H and O–H groups in total. The van der Waals surface area contributed by atoms with E-state index in [0.717, 1.165) is 29.7 Å². The van der Waals surface area contributed by atoms with E-state index in [0.29, 0.717) is 12.2 Å². The Morgan fingerprint density at radius 3 is 3.15 bits per heavy atom. The van der Waals surface area contributed by atoms with E-state index in [1.807, 2.05) is 12.1 Å². The summed E-state index contributed by atoms with van der Waals surface area (Å²) in [5.74, 6) is 0. The minimum absolute atomic E-state index is 0.0530. The molecule has 20 heavy (non-hydrogen) atoms. The second-order valence-corrected chi connectivity index (χ2v) is 6.42. The lowest BCUT2D eigenvalue weighted by molar-refractivity contribution is 0.383. The molecule has 1 aliphatic heterocycles. The van der Waals surface area contributed by atoms with Gasteiger partial charge in [0.25, 0.3) is 5.56 Å². The summed E-state index contributed by atoms with van der Waals surface area (Å²) in [6.07, 6.45) is 2.83. The Hall–Kier alpha value is -1.24. The molecule has 2 aromatic heterocycles. The van der Waals surface area contributed by atoms with Crippen molar-refractivity contribution in [3.63, 3.8) is 0 Å². The standard InChI is InChI=1S/C14H17BrN4O/c1-14(4-5-16-9-14)17-7-11-6-13(20)19-8-10(15)2-3-12(19)18-11/h2-3,6,8,16-17H,4-5,7,9H2,1H3. The van der Waals surface area contributed by atoms with E-state index in [4.69, 9.17) is 0 Å². The Balaban J connectivity index is 1.85. The minimum atomic E-state index is -0.0530. The van der Waals surface area contributed by atoms with Gasteiger partial charge >= 0.3 is 0 Å². The van der Waals surface area contributed by atoms with Gasteiger partial charge in [0, 0.05) is 35.4 Å². The number of nitrogens with one attached hydrogen (secondary N) is 2. The highest BCUT2D eigenvalue weighted by Crippen LogP contribution is 2.14. The van der Waals surface area contributed by atoms with Gasteiger partial charge in [0.2, 0.25) is 0 Å². The van der Waals surface area contributed by atoms with Gasteiger partial charge in [0.05, 0.1) is 5.69 Å². The second kappa shape index (κ2) is 5.27. The number of halogens is 1. The predicted molar refractivity (Wildman–Crippen MR) is 81.9 cm³/mol. The van der Waals surface area contributed by atoms with E-state index in [-0.39, 0.29) is 11.1 Å². The van der Waals surface area contributed by atoms with E-state index >= 15 is 0 Å². The van der Waals surface area contributed by atoms with Gasteiger partial charge < -0.3 is 10.6 Å². The first-order valence-electron chi connectivity index (χ1n) is 6.69. The van der Waals surface area contributed by atoms with E-state index in [2.05, 4.69) is 38.5 Å². The highest BCUT2D eigenvalue weighted by molar-refractivity contribution is 9.10. The molecular weight excluding hydrogens is 320 g/mol. The van der Waals surface area contributed by atoms with Crippen molar-refractivity contribution in [3.05, 3.63) is 44.9 Å². The van der Waals surface area contributed by atoms with Crippen LogP contribution in [0, 0.1) is 0 Å². The lowest BCUT2D eigenvalue weighted by Crippen LogP contribution is -2.43. The zero-order valence-electron chi connectivity index (χ0n) is 11.3. The Morgan fingerprint density at radius 2 is 2.40 bits per heavy atom. The van der Waals surface area contributed by atoms with E-state index < -0.39 is 0 Å². The van der Waals surface area contributed by atoms with Gasteiger partial charge in [-0.15, -0.1) is 0 Å². The Kier molecular flexibility index (Phi) is 3.62. The summed E-state index contributed by atoms with van der Waals surface area (Å²) >= 11 is 3.36. The number of pyridine rings is 1. The molecular formula is C14H17BrN4O. The Labute approximate surface area is 125 Å². The summed E-state index contributed by atoms with van der Waals surface area (Å²) in [7, 11) is 0. The van der Waals surface area contributed by atoms with Gasteiger partial charge in [-0.05, 0) is 48.0 Å². The fourth-order valence-corrected chi connectivity index (χ4v) is 2.83. The smallest absolute Gasteiger partial charge is 0.258 e. The van der Waals surface area contributed by atoms with Crippen molar-refractivity contribution in [1.82, 2.24) is 20.0 Å². The van der Waals surface area contributed by atoms with E-state index in [1.165, 1.54) is 0 Å². The molecule has 1 aliphatic rings. The first kappa shape index (κ1) is 13.7. The molecule has 0 aliphatic carbocycles. The fourth-order valence-electron chi connectivity index (χ4n) is 2.49. The quantitative estimate of drug-likeness (QED) is 0.887. The van der Waals surface area contributed by atoms with Crippen LogP contribution in [0.5, 0.6) is 0 Å². The topological polar surface area (TPSA) is 58.4 Å². The molecule has 0 spiro atoms. The van der Waals surface area contributed by atoms with Crippen LogP contribution in [0.2, 0.25) is 0 Å². The molecule has 5 nitrogen and oxygen atoms in total. The molecule has 0 bridgehead atoms. The molecule has 0 aromatic carbocycles. The third-order valence-electron chi connectivity index (χ3n) is 3.74. The van der Waals surface area contributed by atoms with Crippen molar-refractivity contribution < 1.29 is 0 Å². The van der Waals surface area contributed by atoms with Crippen molar-refractivity contribution in [2.75, 3.05) is 13.1 Å². The van der Waals surface area contributed by atoms with Crippen molar-refractivity contribution in [2.45, 2.75) is 25.4 Å². The average molecular weight is 337 g/mol. The third kappa shape index (κ3) is 2.77. The first-order valence-corrected chi connectivity index (χ1v) is 7.49. The minimum Gasteiger partial charge on any atom is -0.315 e. The molecule has 1 atom stereocenters. The number of rotatable bonds is 3. The normalized spacial score (nSPS) is 22.5. The Morgan fingerprint density at radius 1 is 1.55 bits per heavy atom. The highest BCUT2D eigenvalue weighted by Gasteiger charge is 2.27. The molecule has 0 saturated carbocycles. The van der Waals surface area contributed by atoms with Gasteiger partial charge in [-0.1, -0.05) is 0 Å². The van der Waals surface area contributed by atoms with Crippen LogP contribution in [0.4, 0.5) is 0 Å². The van der Waals surface area contributed by atoms with Gasteiger partial charge in [-0.25, -0.2) is 4.98 Å². The summed E-state index contributed by atoms with van der Waals surface area (Å²) in [6, 6.07) is 5.33. The number of aromatic nitrogens is 2. The summed E-state index contributed by atoms with van der Waals surface area (Å²) in [5, 5.41) is 6.84. The summed E-state index contributed by atoms with van der Waals surface area (Å²) in [4.78, 5) is 16.6. The van der Waals surface area contributed by atoms with Crippen LogP contribution in [0.3, 0.4) is 0 Å². The highest BCUT2D eigenvalue weighted by atomic mass is 79.9. The molecule has 2 aromatic rings. The monoisotopic (exact) mass is 336 g/mol. The van der Waals surface area contributed by atoms with Gasteiger partial charge in [0.1, 0.15) is 5.65 Å². The molecule has 106 valence electrons. The van der Waals surface area contributed by atoms with E-state index in [9.17, 15) is 4.79 Å². The van der Waals surface area contributed by atoms with Gasteiger partial charge in [-0.3, -0.25) is 9.20 Å². The number of hydrogen-bond acceptors (Lipinski definition) is 4. The van der Waals surface area contributed by atoms with Crippen molar-refractivity contribution in [2.24, 2.45) is 0 Å². The lowest BCUT2D eigenvalue weighted by Gasteiger charge is -2.24. The number of hydrogen-bond donors (Lipinski definition) is 2. The molecule has 1 fully saturated rings. The van der Waals surface area contributed by atoms with Crippen LogP contribution in [-0.4, -0.2) is 28.0 Å². The maximum absolute atomic E-state index is 12.1. The lowest BCUT2D eigenvalue weighted by atomic mass is 10.0. The summed E-state index contributed by atoms with van der Waals surface area (Å²) in [5.41, 5.74) is 1.49. The van der Waals surface area contributed by atoms with Crippen molar-refractivity contribution >= 4 is 21.6 Å². The molecule has 0 amide bonds. The van der Waals surface area contributed by atoms with Crippen LogP contribution in [0.1, 0.15) is 19.0 Å². The zero-order valence-corrected chi connectivity index (χ0v) is 12.9. The maximum Gasteiger partial charge on any atom is 0.258 e. The molecule has 3 heterocycles. The molecule has 1 saturated heterocycles. The number of nitrogens with zero attached hydrogens (tertiary/aromatic N) is 2. The van der Waals surface area contributed by atoms with E-state index in [1.54, 1.807) is 16.7 Å². The van der Waals surface area contributed by atoms with Gasteiger partial charge in [-0.2, -0.15) is 0 Å². The third-order valence-corrected chi connectivity index (χ3v) is 4.21.